The SMILES string of the molecule is Cc1c(C(C)(F)F)nnc(N2CCCC(C)(F)CC2)c1C(=O)Nc1cccc([S@](C)=NC(=O)CN2CC(C)(C)C2)c1. The zero-order valence-corrected chi connectivity index (χ0v) is 25.4. The maximum Gasteiger partial charge on any atom is 0.289 e. The summed E-state index contributed by atoms with van der Waals surface area (Å²) in [6.45, 7) is 10.7. The lowest BCUT2D eigenvalue weighted by molar-refractivity contribution is -0.121. The molecule has 0 bridgehead atoms. The highest BCUT2D eigenvalue weighted by atomic mass is 32.2. The summed E-state index contributed by atoms with van der Waals surface area (Å²) in [5, 5.41) is 10.7. The average molecular weight is 593 g/mol. The van der Waals surface area contributed by atoms with Crippen LogP contribution in [0, 0.1) is 12.3 Å². The fourth-order valence-corrected chi connectivity index (χ4v) is 6.57. The minimum absolute atomic E-state index is 0.0165. The Labute approximate surface area is 242 Å². The number of carbonyl (C=O) groups excluding carboxylic acids is 2. The smallest absolute Gasteiger partial charge is 0.289 e. The lowest BCUT2D eigenvalue weighted by Crippen LogP contribution is -2.54. The maximum absolute atomic E-state index is 14.7. The summed E-state index contributed by atoms with van der Waals surface area (Å²) in [6.07, 6.45) is 2.94. The molecule has 2 aliphatic rings. The molecule has 4 rings (SSSR count). The van der Waals surface area contributed by atoms with E-state index in [9.17, 15) is 22.8 Å². The molecule has 2 atom stereocenters. The number of likely N-dealkylation sites (tertiary alicyclic amines) is 1. The molecule has 2 aliphatic heterocycles. The number of carbonyl (C=O) groups is 2. The predicted molar refractivity (Wildman–Crippen MR) is 156 cm³/mol. The number of benzene rings is 1. The number of nitrogens with one attached hydrogen (secondary N) is 1. The lowest BCUT2D eigenvalue weighted by atomic mass is 9.84. The van der Waals surface area contributed by atoms with Crippen LogP contribution in [-0.4, -0.2) is 71.6 Å². The Morgan fingerprint density at radius 3 is 2.51 bits per heavy atom. The predicted octanol–water partition coefficient (Wildman–Crippen LogP) is 5.53. The minimum Gasteiger partial charge on any atom is -0.354 e. The number of alkyl halides is 3. The van der Waals surface area contributed by atoms with Gasteiger partial charge in [-0.15, -0.1) is 10.2 Å². The van der Waals surface area contributed by atoms with Crippen molar-refractivity contribution in [2.75, 3.05) is 49.2 Å². The van der Waals surface area contributed by atoms with Crippen molar-refractivity contribution in [3.05, 3.63) is 41.1 Å². The molecule has 1 unspecified atom stereocenters. The van der Waals surface area contributed by atoms with Crippen molar-refractivity contribution in [1.29, 1.82) is 0 Å². The number of amides is 2. The average Bonchev–Trinajstić information content (AvgIpc) is 3.02. The normalized spacial score (nSPS) is 22.1. The molecule has 0 radical (unpaired) electrons. The first kappa shape index (κ1) is 31.1. The van der Waals surface area contributed by atoms with Crippen LogP contribution in [0.3, 0.4) is 0 Å². The third kappa shape index (κ3) is 7.71. The van der Waals surface area contributed by atoms with E-state index in [4.69, 9.17) is 0 Å². The van der Waals surface area contributed by atoms with Gasteiger partial charge in [-0.3, -0.25) is 14.5 Å². The number of anilines is 2. The van der Waals surface area contributed by atoms with Gasteiger partial charge in [0.25, 0.3) is 17.7 Å². The number of aromatic nitrogens is 2. The van der Waals surface area contributed by atoms with E-state index in [0.717, 1.165) is 18.0 Å². The van der Waals surface area contributed by atoms with E-state index in [2.05, 4.69) is 38.6 Å². The van der Waals surface area contributed by atoms with Crippen LogP contribution in [0.15, 0.2) is 33.5 Å². The summed E-state index contributed by atoms with van der Waals surface area (Å²) < 4.78 is 47.8. The van der Waals surface area contributed by atoms with Crippen LogP contribution in [0.25, 0.3) is 0 Å². The molecule has 0 spiro atoms. The summed E-state index contributed by atoms with van der Waals surface area (Å²) in [5.74, 6) is -3.96. The van der Waals surface area contributed by atoms with E-state index >= 15 is 0 Å². The molecule has 1 aromatic heterocycles. The number of rotatable bonds is 7. The van der Waals surface area contributed by atoms with Gasteiger partial charge in [0.05, 0.1) is 12.1 Å². The number of nitrogens with zero attached hydrogens (tertiary/aromatic N) is 5. The van der Waals surface area contributed by atoms with E-state index in [1.54, 1.807) is 30.0 Å². The van der Waals surface area contributed by atoms with Gasteiger partial charge in [-0.05, 0) is 68.5 Å². The monoisotopic (exact) mass is 592 g/mol. The van der Waals surface area contributed by atoms with Gasteiger partial charge in [0.1, 0.15) is 11.4 Å². The van der Waals surface area contributed by atoms with Crippen molar-refractivity contribution < 1.29 is 22.8 Å². The van der Waals surface area contributed by atoms with E-state index in [1.807, 2.05) is 12.3 Å². The zero-order valence-electron chi connectivity index (χ0n) is 24.6. The molecule has 2 aromatic rings. The molecule has 3 heterocycles. The van der Waals surface area contributed by atoms with Gasteiger partial charge in [-0.2, -0.15) is 13.1 Å². The van der Waals surface area contributed by atoms with E-state index in [-0.39, 0.29) is 47.8 Å². The highest BCUT2D eigenvalue weighted by molar-refractivity contribution is 7.87. The Hall–Kier alpha value is -2.86. The lowest BCUT2D eigenvalue weighted by Gasteiger charge is -2.45. The van der Waals surface area contributed by atoms with Crippen LogP contribution in [0.1, 0.15) is 68.6 Å². The summed E-state index contributed by atoms with van der Waals surface area (Å²) in [7, 11) is -0.752. The molecule has 0 aliphatic carbocycles. The Kier molecular flexibility index (Phi) is 8.94. The molecule has 12 heteroatoms. The number of hydrogen-bond donors (Lipinski definition) is 1. The highest BCUT2D eigenvalue weighted by Crippen LogP contribution is 2.35. The number of hydrogen-bond acceptors (Lipinski definition) is 6. The van der Waals surface area contributed by atoms with Crippen LogP contribution < -0.4 is 10.2 Å². The van der Waals surface area contributed by atoms with E-state index in [0.29, 0.717) is 32.0 Å². The summed E-state index contributed by atoms with van der Waals surface area (Å²) in [4.78, 5) is 30.7. The molecule has 1 N–H and O–H groups in total. The van der Waals surface area contributed by atoms with Gasteiger partial charge in [-0.25, -0.2) is 4.39 Å². The van der Waals surface area contributed by atoms with Crippen LogP contribution in [0.4, 0.5) is 24.7 Å². The van der Waals surface area contributed by atoms with Crippen molar-refractivity contribution in [3.8, 4) is 0 Å². The number of halogens is 3. The third-order valence-corrected chi connectivity index (χ3v) is 8.92. The van der Waals surface area contributed by atoms with Crippen LogP contribution in [-0.2, 0) is 21.4 Å². The van der Waals surface area contributed by atoms with Crippen LogP contribution in [0.5, 0.6) is 0 Å². The third-order valence-electron chi connectivity index (χ3n) is 7.50. The Morgan fingerprint density at radius 1 is 1.15 bits per heavy atom. The summed E-state index contributed by atoms with van der Waals surface area (Å²) in [5.41, 5.74) is -1.28. The van der Waals surface area contributed by atoms with Crippen molar-refractivity contribution in [2.45, 2.75) is 70.4 Å². The zero-order chi connectivity index (χ0) is 30.2. The van der Waals surface area contributed by atoms with Gasteiger partial charge in [0.15, 0.2) is 5.82 Å². The molecule has 0 saturated carbocycles. The van der Waals surface area contributed by atoms with Gasteiger partial charge in [0.2, 0.25) is 0 Å². The van der Waals surface area contributed by atoms with Crippen LogP contribution in [0.2, 0.25) is 0 Å². The first-order chi connectivity index (χ1) is 19.0. The van der Waals surface area contributed by atoms with Crippen molar-refractivity contribution >= 4 is 34.0 Å². The highest BCUT2D eigenvalue weighted by Gasteiger charge is 2.36. The van der Waals surface area contributed by atoms with Gasteiger partial charge < -0.3 is 10.2 Å². The molecule has 2 saturated heterocycles. The fraction of sp³-hybridized carbons (Fsp3) is 0.586. The van der Waals surface area contributed by atoms with Crippen molar-refractivity contribution in [1.82, 2.24) is 15.1 Å². The first-order valence-electron chi connectivity index (χ1n) is 13.8. The Bertz CT molecular complexity index is 1350. The van der Waals surface area contributed by atoms with Crippen LogP contribution >= 0.6 is 0 Å². The van der Waals surface area contributed by atoms with Gasteiger partial charge in [0, 0.05) is 43.7 Å². The minimum atomic E-state index is -3.31. The van der Waals surface area contributed by atoms with Gasteiger partial charge >= 0.3 is 0 Å². The largest absolute Gasteiger partial charge is 0.354 e. The molecule has 8 nitrogen and oxygen atoms in total. The Balaban J connectivity index is 1.58. The molecule has 2 amide bonds. The molecule has 1 aromatic carbocycles. The summed E-state index contributed by atoms with van der Waals surface area (Å²) in [6, 6.07) is 6.98. The first-order valence-corrected chi connectivity index (χ1v) is 15.4. The topological polar surface area (TPSA) is 90.8 Å². The molecule has 41 heavy (non-hydrogen) atoms. The fourth-order valence-electron chi connectivity index (χ4n) is 5.53. The second-order valence-electron chi connectivity index (χ2n) is 12.3. The standard InChI is InChI=1S/C29H39F3N6O2S/c1-19-23(25(35-34-24(19)29(5,31)32)38-13-8-11-28(4,30)12-14-38)26(40)33-20-9-7-10-21(15-20)41(6)36-22(39)16-37-17-27(2,3)18-37/h7,9-10,15H,8,11-14,16-18H2,1-6H3,(H,33,40)/t28?,41-/m0/s1. The molecular formula is C29H39F3N6O2S. The summed E-state index contributed by atoms with van der Waals surface area (Å²) >= 11 is 0. The molecule has 2 fully saturated rings. The molecular weight excluding hydrogens is 553 g/mol. The van der Waals surface area contributed by atoms with Crippen molar-refractivity contribution in [2.24, 2.45) is 9.78 Å². The second-order valence-corrected chi connectivity index (χ2v) is 13.9. The maximum atomic E-state index is 14.7. The quantitative estimate of drug-likeness (QED) is 0.455. The van der Waals surface area contributed by atoms with Gasteiger partial charge in [-0.1, -0.05) is 30.6 Å². The molecule has 224 valence electrons. The second kappa shape index (κ2) is 11.8. The van der Waals surface area contributed by atoms with E-state index in [1.165, 1.54) is 6.92 Å². The Morgan fingerprint density at radius 2 is 1.85 bits per heavy atom. The van der Waals surface area contributed by atoms with Crippen molar-refractivity contribution in [3.63, 3.8) is 0 Å². The van der Waals surface area contributed by atoms with E-state index < -0.39 is 33.9 Å².